The molecule has 0 unspecified atom stereocenters. The zero-order valence-corrected chi connectivity index (χ0v) is 13.8. The maximum Gasteiger partial charge on any atom is 0.258 e. The molecule has 2 saturated heterocycles. The Labute approximate surface area is 140 Å². The number of hydrogen-bond donors (Lipinski definition) is 0. The lowest BCUT2D eigenvalue weighted by Crippen LogP contribution is -2.58. The van der Waals surface area contributed by atoms with Gasteiger partial charge in [0.05, 0.1) is 11.1 Å². The van der Waals surface area contributed by atoms with Crippen LogP contribution < -0.4 is 0 Å². The van der Waals surface area contributed by atoms with Crippen molar-refractivity contribution in [3.8, 4) is 0 Å². The number of carbonyl (C=O) groups is 1. The molecule has 1 aliphatic carbocycles. The van der Waals surface area contributed by atoms with Gasteiger partial charge in [0, 0.05) is 44.7 Å². The third kappa shape index (κ3) is 2.81. The molecule has 2 aliphatic heterocycles. The first kappa shape index (κ1) is 15.9. The van der Waals surface area contributed by atoms with E-state index in [1.54, 1.807) is 11.1 Å². The molecule has 0 bridgehead atoms. The van der Waals surface area contributed by atoms with Gasteiger partial charge in [0.25, 0.3) is 5.92 Å². The predicted molar refractivity (Wildman–Crippen MR) is 85.4 cm³/mol. The highest BCUT2D eigenvalue weighted by Crippen LogP contribution is 2.50. The summed E-state index contributed by atoms with van der Waals surface area (Å²) in [6.07, 6.45) is 3.81. The maximum atomic E-state index is 14.8. The highest BCUT2D eigenvalue weighted by Gasteiger charge is 2.60. The van der Waals surface area contributed by atoms with Crippen molar-refractivity contribution in [3.05, 3.63) is 30.1 Å². The van der Waals surface area contributed by atoms with Gasteiger partial charge < -0.3 is 4.90 Å². The topological polar surface area (TPSA) is 36.4 Å². The SMILES string of the molecule is O=C(C1CC1)N1CCC(F)(F)[C@@]2(CCN(Cc3ccccn3)C2)C1. The van der Waals surface area contributed by atoms with Gasteiger partial charge in [-0.2, -0.15) is 0 Å². The van der Waals surface area contributed by atoms with E-state index in [-0.39, 0.29) is 31.3 Å². The van der Waals surface area contributed by atoms with Crippen molar-refractivity contribution >= 4 is 5.91 Å². The number of pyridine rings is 1. The minimum Gasteiger partial charge on any atom is -0.341 e. The number of piperidine rings is 1. The molecule has 1 spiro atoms. The van der Waals surface area contributed by atoms with Gasteiger partial charge in [-0.25, -0.2) is 8.78 Å². The van der Waals surface area contributed by atoms with Gasteiger partial charge in [0.15, 0.2) is 0 Å². The van der Waals surface area contributed by atoms with Crippen LogP contribution in [0.4, 0.5) is 8.78 Å². The van der Waals surface area contributed by atoms with Crippen LogP contribution in [0.5, 0.6) is 0 Å². The van der Waals surface area contributed by atoms with Crippen molar-refractivity contribution in [1.82, 2.24) is 14.8 Å². The van der Waals surface area contributed by atoms with Crippen LogP contribution in [0.1, 0.15) is 31.4 Å². The number of nitrogens with zero attached hydrogens (tertiary/aromatic N) is 3. The summed E-state index contributed by atoms with van der Waals surface area (Å²) in [7, 11) is 0. The number of likely N-dealkylation sites (tertiary alicyclic amines) is 2. The molecule has 24 heavy (non-hydrogen) atoms. The molecule has 4 rings (SSSR count). The maximum absolute atomic E-state index is 14.8. The molecular weight excluding hydrogens is 312 g/mol. The van der Waals surface area contributed by atoms with E-state index in [2.05, 4.69) is 9.88 Å². The average Bonchev–Trinajstić information content (AvgIpc) is 3.34. The van der Waals surface area contributed by atoms with Crippen LogP contribution in [0, 0.1) is 11.3 Å². The fraction of sp³-hybridized carbons (Fsp3) is 0.667. The van der Waals surface area contributed by atoms with E-state index in [0.29, 0.717) is 26.1 Å². The quantitative estimate of drug-likeness (QED) is 0.852. The van der Waals surface area contributed by atoms with Gasteiger partial charge in [0.1, 0.15) is 0 Å². The summed E-state index contributed by atoms with van der Waals surface area (Å²) < 4.78 is 29.5. The molecule has 3 aliphatic rings. The molecule has 3 heterocycles. The number of alkyl halides is 2. The van der Waals surface area contributed by atoms with Gasteiger partial charge in [-0.1, -0.05) is 6.07 Å². The fourth-order valence-electron chi connectivity index (χ4n) is 4.12. The van der Waals surface area contributed by atoms with Crippen LogP contribution in [-0.2, 0) is 11.3 Å². The molecule has 130 valence electrons. The highest BCUT2D eigenvalue weighted by molar-refractivity contribution is 5.81. The van der Waals surface area contributed by atoms with Crippen LogP contribution in [0.15, 0.2) is 24.4 Å². The van der Waals surface area contributed by atoms with E-state index in [4.69, 9.17) is 0 Å². The summed E-state index contributed by atoms with van der Waals surface area (Å²) >= 11 is 0. The third-order valence-electron chi connectivity index (χ3n) is 5.75. The molecule has 6 heteroatoms. The number of carbonyl (C=O) groups excluding carboxylic acids is 1. The predicted octanol–water partition coefficient (Wildman–Crippen LogP) is 2.55. The van der Waals surface area contributed by atoms with Gasteiger partial charge in [0.2, 0.25) is 5.91 Å². The summed E-state index contributed by atoms with van der Waals surface area (Å²) in [4.78, 5) is 20.4. The van der Waals surface area contributed by atoms with Crippen LogP contribution >= 0.6 is 0 Å². The fourth-order valence-corrected chi connectivity index (χ4v) is 4.12. The van der Waals surface area contributed by atoms with E-state index in [1.807, 2.05) is 18.2 Å². The zero-order chi connectivity index (χ0) is 16.8. The van der Waals surface area contributed by atoms with Crippen molar-refractivity contribution in [1.29, 1.82) is 0 Å². The lowest BCUT2D eigenvalue weighted by Gasteiger charge is -2.46. The Morgan fingerprint density at radius 1 is 1.21 bits per heavy atom. The van der Waals surface area contributed by atoms with E-state index in [9.17, 15) is 13.6 Å². The van der Waals surface area contributed by atoms with E-state index >= 15 is 0 Å². The Morgan fingerprint density at radius 2 is 2.04 bits per heavy atom. The summed E-state index contributed by atoms with van der Waals surface area (Å²) in [5, 5.41) is 0. The summed E-state index contributed by atoms with van der Waals surface area (Å²) in [6.45, 7) is 1.97. The number of hydrogen-bond acceptors (Lipinski definition) is 3. The number of aromatic nitrogens is 1. The lowest BCUT2D eigenvalue weighted by molar-refractivity contribution is -0.172. The van der Waals surface area contributed by atoms with Gasteiger partial charge >= 0.3 is 0 Å². The molecular formula is C18H23F2N3O. The van der Waals surface area contributed by atoms with Crippen molar-refractivity contribution in [2.24, 2.45) is 11.3 Å². The molecule has 4 nitrogen and oxygen atoms in total. The summed E-state index contributed by atoms with van der Waals surface area (Å²) in [6, 6.07) is 5.69. The average molecular weight is 335 g/mol. The first-order valence-electron chi connectivity index (χ1n) is 8.78. The second-order valence-electron chi connectivity index (χ2n) is 7.55. The monoisotopic (exact) mass is 335 g/mol. The largest absolute Gasteiger partial charge is 0.341 e. The molecule has 1 atom stereocenters. The van der Waals surface area contributed by atoms with E-state index < -0.39 is 11.3 Å². The molecule has 1 saturated carbocycles. The molecule has 1 aromatic rings. The Kier molecular flexibility index (Phi) is 3.82. The molecule has 1 aromatic heterocycles. The first-order valence-corrected chi connectivity index (χ1v) is 8.78. The van der Waals surface area contributed by atoms with E-state index in [1.165, 1.54) is 0 Å². The standard InChI is InChI=1S/C18H23F2N3O/c19-18(20)7-10-23(16(24)14-4-5-14)13-17(18)6-9-22(12-17)11-15-3-1-2-8-21-15/h1-3,8,14H,4-7,9-13H2/t17-/m1/s1. The lowest BCUT2D eigenvalue weighted by atomic mass is 9.75. The second-order valence-corrected chi connectivity index (χ2v) is 7.55. The Morgan fingerprint density at radius 3 is 2.75 bits per heavy atom. The second kappa shape index (κ2) is 5.76. The summed E-state index contributed by atoms with van der Waals surface area (Å²) in [5.74, 6) is -2.51. The normalized spacial score (nSPS) is 30.0. The Bertz CT molecular complexity index is 620. The minimum absolute atomic E-state index is 0.0908. The number of amides is 1. The third-order valence-corrected chi connectivity index (χ3v) is 5.75. The van der Waals surface area contributed by atoms with Crippen LogP contribution in [0.3, 0.4) is 0 Å². The van der Waals surface area contributed by atoms with Gasteiger partial charge in [-0.05, 0) is 37.9 Å². The molecule has 1 amide bonds. The van der Waals surface area contributed by atoms with Crippen molar-refractivity contribution < 1.29 is 13.6 Å². The van der Waals surface area contributed by atoms with Gasteiger partial charge in [-0.15, -0.1) is 0 Å². The van der Waals surface area contributed by atoms with Crippen LogP contribution in [-0.4, -0.2) is 52.8 Å². The summed E-state index contributed by atoms with van der Waals surface area (Å²) in [5.41, 5.74) is -0.190. The first-order chi connectivity index (χ1) is 11.5. The minimum atomic E-state index is -2.70. The molecule has 0 aromatic carbocycles. The van der Waals surface area contributed by atoms with Crippen LogP contribution in [0.2, 0.25) is 0 Å². The molecule has 3 fully saturated rings. The number of halogens is 2. The highest BCUT2D eigenvalue weighted by atomic mass is 19.3. The molecule has 0 N–H and O–H groups in total. The Hall–Kier alpha value is -1.56. The van der Waals surface area contributed by atoms with Gasteiger partial charge in [-0.3, -0.25) is 14.7 Å². The smallest absolute Gasteiger partial charge is 0.258 e. The zero-order valence-electron chi connectivity index (χ0n) is 13.8. The van der Waals surface area contributed by atoms with E-state index in [0.717, 1.165) is 18.5 Å². The van der Waals surface area contributed by atoms with Crippen molar-refractivity contribution in [3.63, 3.8) is 0 Å². The van der Waals surface area contributed by atoms with Crippen LogP contribution in [0.25, 0.3) is 0 Å². The van der Waals surface area contributed by atoms with Crippen molar-refractivity contribution in [2.45, 2.75) is 38.2 Å². The molecule has 0 radical (unpaired) electrons. The Balaban J connectivity index is 1.48. The number of rotatable bonds is 3. The van der Waals surface area contributed by atoms with Crippen molar-refractivity contribution in [2.75, 3.05) is 26.2 Å².